The number of nitrogens with one attached hydrogen (secondary N) is 1. The van der Waals surface area contributed by atoms with Crippen molar-refractivity contribution >= 4 is 11.6 Å². The lowest BCUT2D eigenvalue weighted by Crippen LogP contribution is -2.16. The van der Waals surface area contributed by atoms with Crippen molar-refractivity contribution in [1.82, 2.24) is 15.1 Å². The van der Waals surface area contributed by atoms with Crippen molar-refractivity contribution in [2.24, 2.45) is 0 Å². The van der Waals surface area contributed by atoms with E-state index in [-0.39, 0.29) is 0 Å². The summed E-state index contributed by atoms with van der Waals surface area (Å²) in [5.41, 5.74) is 5.26. The van der Waals surface area contributed by atoms with Crippen molar-refractivity contribution in [3.05, 3.63) is 46.2 Å². The van der Waals surface area contributed by atoms with Crippen LogP contribution in [0.2, 0.25) is 5.02 Å². The van der Waals surface area contributed by atoms with E-state index in [9.17, 15) is 0 Å². The van der Waals surface area contributed by atoms with Crippen LogP contribution < -0.4 is 5.32 Å². The van der Waals surface area contributed by atoms with Crippen molar-refractivity contribution in [1.29, 1.82) is 0 Å². The number of fused-ring (bicyclic) bond motifs is 1. The number of benzene rings is 1. The molecule has 0 radical (unpaired) electrons. The summed E-state index contributed by atoms with van der Waals surface area (Å²) < 4.78 is 2.14. The fraction of sp³-hybridized carbons (Fsp3) is 0.526. The highest BCUT2D eigenvalue weighted by atomic mass is 35.5. The Bertz CT molecular complexity index is 686. The van der Waals surface area contributed by atoms with Gasteiger partial charge in [0.2, 0.25) is 0 Å². The second-order valence-electron chi connectivity index (χ2n) is 6.79. The molecular weight excluding hydrogens is 306 g/mol. The summed E-state index contributed by atoms with van der Waals surface area (Å²) in [6, 6.07) is 6.44. The molecule has 1 aliphatic heterocycles. The molecule has 2 aliphatic rings. The van der Waals surface area contributed by atoms with Gasteiger partial charge in [-0.1, -0.05) is 36.9 Å². The van der Waals surface area contributed by atoms with Crippen LogP contribution in [0.5, 0.6) is 0 Å². The SMILES string of the molecule is Clc1ccc2c(c1-n1nccc1C1CCCCC1)CCNCC2. The van der Waals surface area contributed by atoms with E-state index in [0.29, 0.717) is 5.92 Å². The molecule has 122 valence electrons. The van der Waals surface area contributed by atoms with E-state index in [1.165, 1.54) is 48.9 Å². The van der Waals surface area contributed by atoms with Gasteiger partial charge in [-0.2, -0.15) is 5.10 Å². The summed E-state index contributed by atoms with van der Waals surface area (Å²) in [5, 5.41) is 8.99. The van der Waals surface area contributed by atoms with E-state index in [1.54, 1.807) is 0 Å². The highest BCUT2D eigenvalue weighted by Crippen LogP contribution is 2.36. The molecule has 3 nitrogen and oxygen atoms in total. The third-order valence-corrected chi connectivity index (χ3v) is 5.67. The summed E-state index contributed by atoms with van der Waals surface area (Å²) in [6.07, 6.45) is 10.6. The molecule has 4 rings (SSSR count). The maximum absolute atomic E-state index is 6.64. The molecule has 1 aromatic carbocycles. The van der Waals surface area contributed by atoms with Gasteiger partial charge in [0.1, 0.15) is 0 Å². The number of halogens is 1. The van der Waals surface area contributed by atoms with Crippen molar-refractivity contribution in [2.75, 3.05) is 13.1 Å². The summed E-state index contributed by atoms with van der Waals surface area (Å²) in [5.74, 6) is 0.627. The van der Waals surface area contributed by atoms with Crippen LogP contribution in [0.15, 0.2) is 24.4 Å². The van der Waals surface area contributed by atoms with Gasteiger partial charge in [-0.05, 0) is 62.0 Å². The Hall–Kier alpha value is -1.32. The van der Waals surface area contributed by atoms with Crippen LogP contribution in [0, 0.1) is 0 Å². The van der Waals surface area contributed by atoms with Gasteiger partial charge in [0.15, 0.2) is 0 Å². The lowest BCUT2D eigenvalue weighted by Gasteiger charge is -2.24. The molecule has 0 bridgehead atoms. The summed E-state index contributed by atoms with van der Waals surface area (Å²) in [7, 11) is 0. The van der Waals surface area contributed by atoms with E-state index in [4.69, 9.17) is 11.6 Å². The van der Waals surface area contributed by atoms with Gasteiger partial charge in [-0.3, -0.25) is 0 Å². The predicted molar refractivity (Wildman–Crippen MR) is 94.7 cm³/mol. The van der Waals surface area contributed by atoms with Crippen LogP contribution in [0.1, 0.15) is 54.8 Å². The van der Waals surface area contributed by atoms with Gasteiger partial charge in [0.05, 0.1) is 10.7 Å². The predicted octanol–water partition coefficient (Wildman–Crippen LogP) is 4.26. The molecular formula is C19H24ClN3. The molecule has 0 atom stereocenters. The van der Waals surface area contributed by atoms with Gasteiger partial charge >= 0.3 is 0 Å². The van der Waals surface area contributed by atoms with Crippen molar-refractivity contribution in [3.63, 3.8) is 0 Å². The second kappa shape index (κ2) is 6.66. The van der Waals surface area contributed by atoms with E-state index in [1.807, 2.05) is 12.3 Å². The monoisotopic (exact) mass is 329 g/mol. The van der Waals surface area contributed by atoms with Gasteiger partial charge in [0.25, 0.3) is 0 Å². The molecule has 1 fully saturated rings. The normalized spacial score (nSPS) is 19.3. The molecule has 23 heavy (non-hydrogen) atoms. The molecule has 2 aromatic rings. The summed E-state index contributed by atoms with van der Waals surface area (Å²) in [4.78, 5) is 0. The fourth-order valence-electron chi connectivity index (χ4n) is 4.16. The number of hydrogen-bond donors (Lipinski definition) is 1. The largest absolute Gasteiger partial charge is 0.316 e. The van der Waals surface area contributed by atoms with Gasteiger partial charge in [-0.25, -0.2) is 4.68 Å². The lowest BCUT2D eigenvalue weighted by molar-refractivity contribution is 0.429. The molecule has 0 unspecified atom stereocenters. The van der Waals surface area contributed by atoms with E-state index >= 15 is 0 Å². The third-order valence-electron chi connectivity index (χ3n) is 5.36. The third kappa shape index (κ3) is 2.92. The Morgan fingerprint density at radius 1 is 1.04 bits per heavy atom. The summed E-state index contributed by atoms with van der Waals surface area (Å²) in [6.45, 7) is 2.06. The quantitative estimate of drug-likeness (QED) is 0.892. The highest BCUT2D eigenvalue weighted by molar-refractivity contribution is 6.32. The second-order valence-corrected chi connectivity index (χ2v) is 7.19. The smallest absolute Gasteiger partial charge is 0.0870 e. The highest BCUT2D eigenvalue weighted by Gasteiger charge is 2.23. The van der Waals surface area contributed by atoms with Crippen LogP contribution in [0.3, 0.4) is 0 Å². The van der Waals surface area contributed by atoms with Crippen LogP contribution in [0.4, 0.5) is 0 Å². The van der Waals surface area contributed by atoms with Gasteiger partial charge in [-0.15, -0.1) is 0 Å². The maximum Gasteiger partial charge on any atom is 0.0870 e. The van der Waals surface area contributed by atoms with Crippen molar-refractivity contribution in [3.8, 4) is 5.69 Å². The van der Waals surface area contributed by atoms with Crippen molar-refractivity contribution < 1.29 is 0 Å². The Balaban J connectivity index is 1.80. The van der Waals surface area contributed by atoms with Crippen molar-refractivity contribution in [2.45, 2.75) is 50.9 Å². The molecule has 1 aromatic heterocycles. The average Bonchev–Trinajstić information content (AvgIpc) is 2.93. The number of aromatic nitrogens is 2. The zero-order chi connectivity index (χ0) is 15.6. The first-order valence-corrected chi connectivity index (χ1v) is 9.27. The maximum atomic E-state index is 6.64. The molecule has 2 heterocycles. The van der Waals surface area contributed by atoms with E-state index in [0.717, 1.165) is 36.6 Å². The molecule has 0 amide bonds. The molecule has 0 saturated heterocycles. The zero-order valence-corrected chi connectivity index (χ0v) is 14.3. The fourth-order valence-corrected chi connectivity index (χ4v) is 4.42. The minimum atomic E-state index is 0.627. The Morgan fingerprint density at radius 2 is 1.87 bits per heavy atom. The first kappa shape index (κ1) is 15.2. The Labute approximate surface area is 143 Å². The van der Waals surface area contributed by atoms with Crippen LogP contribution >= 0.6 is 11.6 Å². The molecule has 1 saturated carbocycles. The van der Waals surface area contributed by atoms with Crippen LogP contribution in [-0.2, 0) is 12.8 Å². The average molecular weight is 330 g/mol. The molecule has 0 spiro atoms. The number of hydrogen-bond acceptors (Lipinski definition) is 2. The lowest BCUT2D eigenvalue weighted by atomic mass is 9.87. The minimum absolute atomic E-state index is 0.627. The summed E-state index contributed by atoms with van der Waals surface area (Å²) >= 11 is 6.64. The first-order chi connectivity index (χ1) is 11.3. The topological polar surface area (TPSA) is 29.9 Å². The van der Waals surface area contributed by atoms with Gasteiger partial charge < -0.3 is 5.32 Å². The standard InChI is InChI=1S/C19H24ClN3/c20-17-7-6-14-8-11-21-12-9-16(14)19(17)23-18(10-13-22-23)15-4-2-1-3-5-15/h6-7,10,13,15,21H,1-5,8-9,11-12H2. The van der Waals surface area contributed by atoms with Gasteiger partial charge in [0, 0.05) is 17.8 Å². The molecule has 1 aliphatic carbocycles. The van der Waals surface area contributed by atoms with E-state index < -0.39 is 0 Å². The number of rotatable bonds is 2. The Morgan fingerprint density at radius 3 is 2.74 bits per heavy atom. The van der Waals surface area contributed by atoms with Crippen LogP contribution in [0.25, 0.3) is 5.69 Å². The number of nitrogens with zero attached hydrogens (tertiary/aromatic N) is 2. The molecule has 4 heteroatoms. The van der Waals surface area contributed by atoms with Crippen LogP contribution in [-0.4, -0.2) is 22.9 Å². The minimum Gasteiger partial charge on any atom is -0.316 e. The first-order valence-electron chi connectivity index (χ1n) is 8.90. The Kier molecular flexibility index (Phi) is 4.41. The van der Waals surface area contributed by atoms with E-state index in [2.05, 4.69) is 27.2 Å². The molecule has 1 N–H and O–H groups in total. The zero-order valence-electron chi connectivity index (χ0n) is 13.5.